The summed E-state index contributed by atoms with van der Waals surface area (Å²) in [5.41, 5.74) is 0.689. The van der Waals surface area contributed by atoms with Crippen LogP contribution < -0.4 is 0 Å². The van der Waals surface area contributed by atoms with Crippen molar-refractivity contribution in [1.29, 1.82) is 0 Å². The first-order valence-electron chi connectivity index (χ1n) is 8.45. The van der Waals surface area contributed by atoms with Crippen molar-refractivity contribution < 1.29 is 19.4 Å². The largest absolute Gasteiger partial charge is 0.445 e. The van der Waals surface area contributed by atoms with Crippen LogP contribution in [0.1, 0.15) is 37.7 Å². The highest BCUT2D eigenvalue weighted by molar-refractivity contribution is 5.67. The first kappa shape index (κ1) is 16.3. The van der Waals surface area contributed by atoms with Gasteiger partial charge in [-0.1, -0.05) is 30.3 Å². The second kappa shape index (κ2) is 7.32. The molecule has 2 aliphatic rings. The molecule has 1 N–H and O–H groups in total. The fourth-order valence-corrected chi connectivity index (χ4v) is 3.20. The van der Waals surface area contributed by atoms with E-state index in [1.807, 2.05) is 30.3 Å². The SMILES string of the molecule is O=C(OCc1ccccc1)N1CCC(OC2(CO)CCC2)CC1. The molecule has 1 saturated carbocycles. The van der Waals surface area contributed by atoms with Gasteiger partial charge < -0.3 is 19.5 Å². The summed E-state index contributed by atoms with van der Waals surface area (Å²) in [4.78, 5) is 13.9. The number of carbonyl (C=O) groups excluding carboxylic acids is 1. The minimum atomic E-state index is -0.305. The van der Waals surface area contributed by atoms with Gasteiger partial charge in [0.25, 0.3) is 0 Å². The summed E-state index contributed by atoms with van der Waals surface area (Å²) >= 11 is 0. The molecule has 1 aromatic rings. The first-order valence-corrected chi connectivity index (χ1v) is 8.45. The van der Waals surface area contributed by atoms with E-state index in [4.69, 9.17) is 9.47 Å². The molecule has 0 aromatic heterocycles. The van der Waals surface area contributed by atoms with Gasteiger partial charge in [0, 0.05) is 13.1 Å². The third-order valence-corrected chi connectivity index (χ3v) is 4.87. The summed E-state index contributed by atoms with van der Waals surface area (Å²) in [5, 5.41) is 9.48. The molecule has 1 aliphatic heterocycles. The van der Waals surface area contributed by atoms with Crippen molar-refractivity contribution in [2.45, 2.75) is 50.4 Å². The molecule has 0 radical (unpaired) electrons. The van der Waals surface area contributed by atoms with E-state index in [2.05, 4.69) is 0 Å². The van der Waals surface area contributed by atoms with Gasteiger partial charge in [0.15, 0.2) is 0 Å². The van der Waals surface area contributed by atoms with Crippen LogP contribution >= 0.6 is 0 Å². The van der Waals surface area contributed by atoms with Crippen LogP contribution in [0.25, 0.3) is 0 Å². The highest BCUT2D eigenvalue weighted by Crippen LogP contribution is 2.37. The molecule has 2 fully saturated rings. The van der Waals surface area contributed by atoms with Gasteiger partial charge in [0.05, 0.1) is 18.3 Å². The van der Waals surface area contributed by atoms with Crippen molar-refractivity contribution in [2.75, 3.05) is 19.7 Å². The van der Waals surface area contributed by atoms with Gasteiger partial charge in [-0.25, -0.2) is 4.79 Å². The monoisotopic (exact) mass is 319 g/mol. The number of amides is 1. The predicted octanol–water partition coefficient (Wildman–Crippen LogP) is 2.72. The van der Waals surface area contributed by atoms with Gasteiger partial charge in [-0.2, -0.15) is 0 Å². The van der Waals surface area contributed by atoms with Gasteiger partial charge >= 0.3 is 6.09 Å². The second-order valence-electron chi connectivity index (χ2n) is 6.54. The molecular weight excluding hydrogens is 294 g/mol. The number of nitrogens with zero attached hydrogens (tertiary/aromatic N) is 1. The standard InChI is InChI=1S/C18H25NO4/c20-14-18(9-4-10-18)23-16-7-11-19(12-8-16)17(21)22-13-15-5-2-1-3-6-15/h1-3,5-6,16,20H,4,7-14H2. The van der Waals surface area contributed by atoms with Crippen LogP contribution in [0.4, 0.5) is 4.79 Å². The molecule has 0 spiro atoms. The molecule has 0 unspecified atom stereocenters. The Bertz CT molecular complexity index is 502. The third kappa shape index (κ3) is 4.03. The summed E-state index contributed by atoms with van der Waals surface area (Å²) < 4.78 is 11.5. The molecular formula is C18H25NO4. The van der Waals surface area contributed by atoms with Gasteiger partial charge in [-0.05, 0) is 37.7 Å². The lowest BCUT2D eigenvalue weighted by Crippen LogP contribution is -2.49. The normalized spacial score (nSPS) is 20.8. The van der Waals surface area contributed by atoms with Gasteiger partial charge in [-0.15, -0.1) is 0 Å². The molecule has 1 saturated heterocycles. The molecule has 126 valence electrons. The van der Waals surface area contributed by atoms with E-state index in [9.17, 15) is 9.90 Å². The van der Waals surface area contributed by atoms with Gasteiger partial charge in [-0.3, -0.25) is 0 Å². The van der Waals surface area contributed by atoms with E-state index in [0.717, 1.165) is 37.7 Å². The number of likely N-dealkylation sites (tertiary alicyclic amines) is 1. The number of aliphatic hydroxyl groups excluding tert-OH is 1. The summed E-state index contributed by atoms with van der Waals surface area (Å²) in [6.45, 7) is 1.72. The Hall–Kier alpha value is -1.59. The number of hydrogen-bond acceptors (Lipinski definition) is 4. The van der Waals surface area contributed by atoms with E-state index in [1.165, 1.54) is 0 Å². The molecule has 5 nitrogen and oxygen atoms in total. The molecule has 1 amide bonds. The Balaban J connectivity index is 1.40. The van der Waals surface area contributed by atoms with Crippen LogP contribution in [-0.2, 0) is 16.1 Å². The Morgan fingerprint density at radius 2 is 1.91 bits per heavy atom. The lowest BCUT2D eigenvalue weighted by molar-refractivity contribution is -0.170. The lowest BCUT2D eigenvalue weighted by atomic mass is 9.80. The maximum Gasteiger partial charge on any atom is 0.410 e. The van der Waals surface area contributed by atoms with Crippen molar-refractivity contribution in [3.63, 3.8) is 0 Å². The average molecular weight is 319 g/mol. The topological polar surface area (TPSA) is 59.0 Å². The van der Waals surface area contributed by atoms with Crippen LogP contribution in [0.5, 0.6) is 0 Å². The minimum Gasteiger partial charge on any atom is -0.445 e. The van der Waals surface area contributed by atoms with Crippen LogP contribution in [0.3, 0.4) is 0 Å². The average Bonchev–Trinajstić information content (AvgIpc) is 2.57. The second-order valence-corrected chi connectivity index (χ2v) is 6.54. The maximum atomic E-state index is 12.1. The molecule has 1 heterocycles. The highest BCUT2D eigenvalue weighted by Gasteiger charge is 2.40. The smallest absolute Gasteiger partial charge is 0.410 e. The van der Waals surface area contributed by atoms with Gasteiger partial charge in [0.1, 0.15) is 6.61 Å². The molecule has 3 rings (SSSR count). The third-order valence-electron chi connectivity index (χ3n) is 4.87. The Labute approximate surface area is 137 Å². The number of ether oxygens (including phenoxy) is 2. The molecule has 23 heavy (non-hydrogen) atoms. The molecule has 1 aliphatic carbocycles. The molecule has 0 bridgehead atoms. The number of aliphatic hydroxyl groups is 1. The zero-order valence-electron chi connectivity index (χ0n) is 13.4. The van der Waals surface area contributed by atoms with Crippen LogP contribution in [0, 0.1) is 0 Å². The summed E-state index contributed by atoms with van der Waals surface area (Å²) in [6.07, 6.45) is 4.52. The van der Waals surface area contributed by atoms with E-state index in [-0.39, 0.29) is 24.4 Å². The number of benzene rings is 1. The number of carbonyl (C=O) groups is 1. The Morgan fingerprint density at radius 3 is 2.48 bits per heavy atom. The van der Waals surface area contributed by atoms with E-state index in [1.54, 1.807) is 4.90 Å². The fourth-order valence-electron chi connectivity index (χ4n) is 3.20. The quantitative estimate of drug-likeness (QED) is 0.906. The number of rotatable bonds is 5. The van der Waals surface area contributed by atoms with Gasteiger partial charge in [0.2, 0.25) is 0 Å². The molecule has 5 heteroatoms. The Kier molecular flexibility index (Phi) is 5.18. The summed E-state index contributed by atoms with van der Waals surface area (Å²) in [7, 11) is 0. The van der Waals surface area contributed by atoms with Crippen molar-refractivity contribution in [3.05, 3.63) is 35.9 Å². The zero-order valence-corrected chi connectivity index (χ0v) is 13.4. The number of piperidine rings is 1. The minimum absolute atomic E-state index is 0.104. The predicted molar refractivity (Wildman–Crippen MR) is 86.0 cm³/mol. The van der Waals surface area contributed by atoms with E-state index >= 15 is 0 Å². The van der Waals surface area contributed by atoms with Crippen molar-refractivity contribution in [1.82, 2.24) is 4.90 Å². The fraction of sp³-hybridized carbons (Fsp3) is 0.611. The van der Waals surface area contributed by atoms with E-state index < -0.39 is 0 Å². The first-order chi connectivity index (χ1) is 11.2. The van der Waals surface area contributed by atoms with Crippen LogP contribution in [0.2, 0.25) is 0 Å². The lowest BCUT2D eigenvalue weighted by Gasteiger charge is -2.44. The molecule has 0 atom stereocenters. The summed E-state index contributed by atoms with van der Waals surface area (Å²) in [6, 6.07) is 9.70. The van der Waals surface area contributed by atoms with Crippen LogP contribution in [0.15, 0.2) is 30.3 Å². The maximum absolute atomic E-state index is 12.1. The summed E-state index contributed by atoms with van der Waals surface area (Å²) in [5.74, 6) is 0. The highest BCUT2D eigenvalue weighted by atomic mass is 16.6. The van der Waals surface area contributed by atoms with Crippen molar-refractivity contribution >= 4 is 6.09 Å². The van der Waals surface area contributed by atoms with Crippen LogP contribution in [-0.4, -0.2) is 47.5 Å². The zero-order chi connectivity index (χ0) is 16.1. The van der Waals surface area contributed by atoms with E-state index in [0.29, 0.717) is 19.7 Å². The number of hydrogen-bond donors (Lipinski definition) is 1. The van der Waals surface area contributed by atoms with Crippen molar-refractivity contribution in [2.24, 2.45) is 0 Å². The Morgan fingerprint density at radius 1 is 1.22 bits per heavy atom. The van der Waals surface area contributed by atoms with Crippen molar-refractivity contribution in [3.8, 4) is 0 Å². The molecule has 1 aromatic carbocycles.